The largest absolute Gasteiger partial charge is 0.465 e. The van der Waals surface area contributed by atoms with Gasteiger partial charge in [0.15, 0.2) is 11.6 Å². The number of carbonyl (C=O) groups is 2. The number of amides is 2. The van der Waals surface area contributed by atoms with Crippen molar-refractivity contribution in [1.29, 1.82) is 0 Å². The lowest BCUT2D eigenvalue weighted by molar-refractivity contribution is -0.0520. The summed E-state index contributed by atoms with van der Waals surface area (Å²) in [6.07, 6.45) is 0.666. The Labute approximate surface area is 145 Å². The highest BCUT2D eigenvalue weighted by atomic mass is 19.3. The quantitative estimate of drug-likeness (QED) is 0.864. The lowest BCUT2D eigenvalue weighted by Crippen LogP contribution is -2.38. The summed E-state index contributed by atoms with van der Waals surface area (Å²) in [6.45, 7) is -2.65. The van der Waals surface area contributed by atoms with Gasteiger partial charge in [0.1, 0.15) is 0 Å². The Morgan fingerprint density at radius 3 is 2.77 bits per heavy atom. The van der Waals surface area contributed by atoms with E-state index in [0.29, 0.717) is 13.0 Å². The van der Waals surface area contributed by atoms with Gasteiger partial charge in [0.25, 0.3) is 5.91 Å². The number of rotatable bonds is 4. The molecular weight excluding hydrogens is 355 g/mol. The molecule has 1 aromatic carbocycles. The normalized spacial score (nSPS) is 16.9. The molecule has 1 saturated heterocycles. The molecular formula is C16H14F3N3O4. The van der Waals surface area contributed by atoms with Gasteiger partial charge in [-0.05, 0) is 18.6 Å². The van der Waals surface area contributed by atoms with Crippen LogP contribution in [0.15, 0.2) is 24.4 Å². The standard InChI is InChI=1S/C16H14F3N3O4/c17-11-4-8-3-9(6-20-12(8)5-13(11)26-15(18)19)14(23)21-10-1-2-22(7-10)16(24)25/h3-6,10,15H,1-2,7H2,(H,21,23)(H,24,25). The number of likely N-dealkylation sites (tertiary alicyclic amines) is 1. The zero-order valence-electron chi connectivity index (χ0n) is 13.3. The molecule has 2 amide bonds. The molecule has 138 valence electrons. The molecule has 0 saturated carbocycles. The van der Waals surface area contributed by atoms with E-state index in [4.69, 9.17) is 5.11 Å². The fourth-order valence-corrected chi connectivity index (χ4v) is 2.76. The van der Waals surface area contributed by atoms with E-state index in [9.17, 15) is 22.8 Å². The fraction of sp³-hybridized carbons (Fsp3) is 0.312. The molecule has 10 heteroatoms. The van der Waals surface area contributed by atoms with E-state index in [0.717, 1.165) is 12.1 Å². The summed E-state index contributed by atoms with van der Waals surface area (Å²) in [4.78, 5) is 28.3. The number of hydrogen-bond acceptors (Lipinski definition) is 4. The maximum atomic E-state index is 13.8. The van der Waals surface area contributed by atoms with Crippen LogP contribution in [0.2, 0.25) is 0 Å². The van der Waals surface area contributed by atoms with Gasteiger partial charge in [-0.1, -0.05) is 0 Å². The van der Waals surface area contributed by atoms with Gasteiger partial charge < -0.3 is 20.1 Å². The third-order valence-electron chi connectivity index (χ3n) is 4.01. The van der Waals surface area contributed by atoms with Gasteiger partial charge in [-0.25, -0.2) is 9.18 Å². The highest BCUT2D eigenvalue weighted by molar-refractivity contribution is 5.97. The average Bonchev–Trinajstić information content (AvgIpc) is 3.03. The van der Waals surface area contributed by atoms with Crippen molar-refractivity contribution in [3.8, 4) is 5.75 Å². The second-order valence-corrected chi connectivity index (χ2v) is 5.77. The van der Waals surface area contributed by atoms with Crippen LogP contribution >= 0.6 is 0 Å². The lowest BCUT2D eigenvalue weighted by Gasteiger charge is -2.14. The molecule has 2 heterocycles. The Bertz CT molecular complexity index is 862. The molecule has 2 N–H and O–H groups in total. The van der Waals surface area contributed by atoms with Crippen molar-refractivity contribution in [1.82, 2.24) is 15.2 Å². The molecule has 0 spiro atoms. The van der Waals surface area contributed by atoms with Gasteiger partial charge in [-0.2, -0.15) is 8.78 Å². The van der Waals surface area contributed by atoms with Crippen molar-refractivity contribution < 1.29 is 32.6 Å². The number of nitrogens with one attached hydrogen (secondary N) is 1. The van der Waals surface area contributed by atoms with Gasteiger partial charge in [0.05, 0.1) is 11.1 Å². The van der Waals surface area contributed by atoms with Crippen LogP contribution in [-0.4, -0.2) is 52.7 Å². The third kappa shape index (κ3) is 3.79. The maximum absolute atomic E-state index is 13.8. The Balaban J connectivity index is 1.76. The number of fused-ring (bicyclic) bond motifs is 1. The molecule has 0 aliphatic carbocycles. The summed E-state index contributed by atoms with van der Waals surface area (Å²) in [6, 6.07) is 3.03. The van der Waals surface area contributed by atoms with Gasteiger partial charge in [-0.3, -0.25) is 9.78 Å². The number of ether oxygens (including phenoxy) is 1. The first-order valence-corrected chi connectivity index (χ1v) is 7.66. The summed E-state index contributed by atoms with van der Waals surface area (Å²) in [5, 5.41) is 11.9. The van der Waals surface area contributed by atoms with Crippen molar-refractivity contribution >= 4 is 22.9 Å². The average molecular weight is 369 g/mol. The van der Waals surface area contributed by atoms with Gasteiger partial charge in [0.2, 0.25) is 0 Å². The second kappa shape index (κ2) is 7.06. The van der Waals surface area contributed by atoms with Gasteiger partial charge in [0, 0.05) is 36.8 Å². The first-order valence-electron chi connectivity index (χ1n) is 7.66. The minimum Gasteiger partial charge on any atom is -0.465 e. The number of pyridine rings is 1. The highest BCUT2D eigenvalue weighted by Crippen LogP contribution is 2.25. The maximum Gasteiger partial charge on any atom is 0.407 e. The van der Waals surface area contributed by atoms with Crippen LogP contribution in [0.3, 0.4) is 0 Å². The predicted molar refractivity (Wildman–Crippen MR) is 83.8 cm³/mol. The van der Waals surface area contributed by atoms with E-state index in [2.05, 4.69) is 15.0 Å². The Morgan fingerprint density at radius 1 is 1.35 bits per heavy atom. The highest BCUT2D eigenvalue weighted by Gasteiger charge is 2.27. The third-order valence-corrected chi connectivity index (χ3v) is 4.01. The topological polar surface area (TPSA) is 91.8 Å². The molecule has 2 aromatic rings. The number of carbonyl (C=O) groups excluding carboxylic acids is 1. The van der Waals surface area contributed by atoms with Gasteiger partial charge in [-0.15, -0.1) is 0 Å². The lowest BCUT2D eigenvalue weighted by atomic mass is 10.1. The summed E-state index contributed by atoms with van der Waals surface area (Å²) in [5.41, 5.74) is 0.338. The van der Waals surface area contributed by atoms with E-state index in [1.165, 1.54) is 17.2 Å². The number of hydrogen-bond donors (Lipinski definition) is 2. The fourth-order valence-electron chi connectivity index (χ4n) is 2.76. The van der Waals surface area contributed by atoms with E-state index < -0.39 is 30.2 Å². The molecule has 3 rings (SSSR count). The van der Waals surface area contributed by atoms with E-state index in [-0.39, 0.29) is 29.1 Å². The first kappa shape index (κ1) is 17.8. The van der Waals surface area contributed by atoms with Crippen molar-refractivity contribution in [2.75, 3.05) is 13.1 Å². The summed E-state index contributed by atoms with van der Waals surface area (Å²) < 4.78 is 42.4. The molecule has 1 aliphatic rings. The Kier molecular flexibility index (Phi) is 4.83. The molecule has 1 unspecified atom stereocenters. The number of aromatic nitrogens is 1. The van der Waals surface area contributed by atoms with E-state index in [1.807, 2.05) is 0 Å². The van der Waals surface area contributed by atoms with Crippen LogP contribution in [0.5, 0.6) is 5.75 Å². The smallest absolute Gasteiger partial charge is 0.407 e. The molecule has 26 heavy (non-hydrogen) atoms. The van der Waals surface area contributed by atoms with Crippen LogP contribution < -0.4 is 10.1 Å². The molecule has 1 fully saturated rings. The Morgan fingerprint density at radius 2 is 2.12 bits per heavy atom. The number of halogens is 3. The van der Waals surface area contributed by atoms with Crippen LogP contribution in [-0.2, 0) is 0 Å². The minimum atomic E-state index is -3.16. The van der Waals surface area contributed by atoms with E-state index >= 15 is 0 Å². The molecule has 1 atom stereocenters. The molecule has 1 aliphatic heterocycles. The van der Waals surface area contributed by atoms with Crippen molar-refractivity contribution in [2.45, 2.75) is 19.1 Å². The SMILES string of the molecule is O=C(NC1CCN(C(=O)O)C1)c1cnc2cc(OC(F)F)c(F)cc2c1. The van der Waals surface area contributed by atoms with Crippen molar-refractivity contribution in [3.05, 3.63) is 35.8 Å². The number of alkyl halides is 2. The molecule has 7 nitrogen and oxygen atoms in total. The van der Waals surface area contributed by atoms with E-state index in [1.54, 1.807) is 0 Å². The first-order chi connectivity index (χ1) is 12.3. The molecule has 1 aromatic heterocycles. The number of benzene rings is 1. The second-order valence-electron chi connectivity index (χ2n) is 5.77. The zero-order valence-corrected chi connectivity index (χ0v) is 13.3. The summed E-state index contributed by atoms with van der Waals surface area (Å²) in [7, 11) is 0. The molecule has 0 bridgehead atoms. The zero-order chi connectivity index (χ0) is 18.8. The predicted octanol–water partition coefficient (Wildman–Crippen LogP) is 2.46. The van der Waals surface area contributed by atoms with Crippen LogP contribution in [0.1, 0.15) is 16.8 Å². The summed E-state index contributed by atoms with van der Waals surface area (Å²) in [5.74, 6) is -2.10. The van der Waals surface area contributed by atoms with Gasteiger partial charge >= 0.3 is 12.7 Å². The van der Waals surface area contributed by atoms with Crippen molar-refractivity contribution in [3.63, 3.8) is 0 Å². The Hall–Kier alpha value is -3.04. The van der Waals surface area contributed by atoms with Crippen LogP contribution in [0.25, 0.3) is 10.9 Å². The number of carboxylic acid groups (broad SMARTS) is 1. The van der Waals surface area contributed by atoms with Crippen molar-refractivity contribution in [2.24, 2.45) is 0 Å². The van der Waals surface area contributed by atoms with Crippen LogP contribution in [0.4, 0.5) is 18.0 Å². The summed E-state index contributed by atoms with van der Waals surface area (Å²) >= 11 is 0. The number of nitrogens with zero attached hydrogens (tertiary/aromatic N) is 2. The minimum absolute atomic E-state index is 0.146. The monoisotopic (exact) mass is 369 g/mol. The van der Waals surface area contributed by atoms with Crippen LogP contribution in [0, 0.1) is 5.82 Å². The molecule has 0 radical (unpaired) electrons.